The third-order valence-corrected chi connectivity index (χ3v) is 4.03. The van der Waals surface area contributed by atoms with E-state index in [-0.39, 0.29) is 0 Å². The van der Waals surface area contributed by atoms with Gasteiger partial charge in [0.1, 0.15) is 16.1 Å². The summed E-state index contributed by atoms with van der Waals surface area (Å²) in [6.07, 6.45) is 3.13. The van der Waals surface area contributed by atoms with Gasteiger partial charge in [0.25, 0.3) is 5.22 Å². The normalized spacial score (nSPS) is 11.0. The van der Waals surface area contributed by atoms with Crippen LogP contribution in [-0.2, 0) is 0 Å². The molecule has 0 atom stereocenters. The Balaban J connectivity index is 2.13. The summed E-state index contributed by atoms with van der Waals surface area (Å²) in [4.78, 5) is 14.8. The average Bonchev–Trinajstić information content (AvgIpc) is 2.97. The molecule has 0 aromatic carbocycles. The Labute approximate surface area is 111 Å². The Bertz CT molecular complexity index is 679. The van der Waals surface area contributed by atoms with Crippen LogP contribution in [0.5, 0.6) is 0 Å². The second-order valence-corrected chi connectivity index (χ2v) is 5.65. The van der Waals surface area contributed by atoms with Crippen molar-refractivity contribution in [3.8, 4) is 0 Å². The summed E-state index contributed by atoms with van der Waals surface area (Å²) in [7, 11) is 0. The monoisotopic (exact) mass is 279 g/mol. The second kappa shape index (κ2) is 4.56. The zero-order valence-corrected chi connectivity index (χ0v) is 11.0. The first-order valence-electron chi connectivity index (χ1n) is 5.08. The Morgan fingerprint density at radius 2 is 2.33 bits per heavy atom. The highest BCUT2D eigenvalue weighted by molar-refractivity contribution is 7.99. The summed E-state index contributed by atoms with van der Waals surface area (Å²) >= 11 is 2.95. The van der Waals surface area contributed by atoms with E-state index >= 15 is 0 Å². The van der Waals surface area contributed by atoms with Crippen LogP contribution < -0.4 is 11.3 Å². The van der Waals surface area contributed by atoms with Crippen LogP contribution in [0.25, 0.3) is 10.2 Å². The quantitative estimate of drug-likeness (QED) is 0.432. The first kappa shape index (κ1) is 11.5. The van der Waals surface area contributed by atoms with E-state index in [0.717, 1.165) is 15.2 Å². The number of nitrogens with one attached hydrogen (secondary N) is 1. The topological polar surface area (TPSA) is 89.9 Å². The predicted octanol–water partition coefficient (Wildman–Crippen LogP) is 2.42. The van der Waals surface area contributed by atoms with Gasteiger partial charge in [0.2, 0.25) is 5.95 Å². The molecule has 92 valence electrons. The van der Waals surface area contributed by atoms with Crippen molar-refractivity contribution in [2.45, 2.75) is 17.2 Å². The lowest BCUT2D eigenvalue weighted by Crippen LogP contribution is -2.10. The maximum atomic E-state index is 5.37. The number of oxazole rings is 1. The second-order valence-electron chi connectivity index (χ2n) is 3.47. The lowest BCUT2D eigenvalue weighted by Gasteiger charge is -2.02. The Morgan fingerprint density at radius 3 is 3.06 bits per heavy atom. The van der Waals surface area contributed by atoms with Crippen molar-refractivity contribution in [3.63, 3.8) is 0 Å². The fraction of sp³-hybridized carbons (Fsp3) is 0.100. The summed E-state index contributed by atoms with van der Waals surface area (Å²) in [6.45, 7) is 2.03. The van der Waals surface area contributed by atoms with E-state index < -0.39 is 0 Å². The Morgan fingerprint density at radius 1 is 1.44 bits per heavy atom. The third-order valence-electron chi connectivity index (χ3n) is 2.20. The number of nitrogen functional groups attached to an aromatic ring is 1. The van der Waals surface area contributed by atoms with Crippen LogP contribution >= 0.6 is 23.1 Å². The van der Waals surface area contributed by atoms with Crippen LogP contribution in [0.4, 0.5) is 5.95 Å². The molecule has 3 N–H and O–H groups in total. The number of anilines is 1. The fourth-order valence-corrected chi connectivity index (χ4v) is 3.23. The minimum Gasteiger partial charge on any atom is -0.440 e. The van der Waals surface area contributed by atoms with E-state index in [0.29, 0.717) is 11.2 Å². The molecule has 0 saturated carbocycles. The molecule has 3 heterocycles. The molecule has 0 bridgehead atoms. The lowest BCUT2D eigenvalue weighted by molar-refractivity contribution is 0.454. The number of hydrogen-bond acceptors (Lipinski definition) is 8. The molecule has 8 heteroatoms. The van der Waals surface area contributed by atoms with Crippen LogP contribution in [0.15, 0.2) is 33.2 Å². The number of hydrazine groups is 1. The molecule has 0 unspecified atom stereocenters. The van der Waals surface area contributed by atoms with Crippen molar-refractivity contribution < 1.29 is 4.42 Å². The summed E-state index contributed by atoms with van der Waals surface area (Å²) in [5.41, 5.74) is 2.47. The van der Waals surface area contributed by atoms with Crippen molar-refractivity contribution in [2.24, 2.45) is 5.84 Å². The smallest absolute Gasteiger partial charge is 0.261 e. The van der Waals surface area contributed by atoms with E-state index in [9.17, 15) is 0 Å². The summed E-state index contributed by atoms with van der Waals surface area (Å²) < 4.78 is 5.21. The standard InChI is InChI=1S/C10H9N5OS2/c1-5-4-6-7(17-5)13-9(15-11)14-8(6)18-10-12-2-3-16-10/h2-4H,11H2,1H3,(H,13,14,15). The van der Waals surface area contributed by atoms with E-state index in [1.54, 1.807) is 17.5 Å². The van der Waals surface area contributed by atoms with E-state index in [2.05, 4.69) is 20.4 Å². The van der Waals surface area contributed by atoms with Gasteiger partial charge in [-0.2, -0.15) is 0 Å². The van der Waals surface area contributed by atoms with E-state index in [1.807, 2.05) is 13.0 Å². The summed E-state index contributed by atoms with van der Waals surface area (Å²) in [5.74, 6) is 5.76. The van der Waals surface area contributed by atoms with Gasteiger partial charge >= 0.3 is 0 Å². The van der Waals surface area contributed by atoms with Crippen molar-refractivity contribution >= 4 is 39.3 Å². The molecule has 0 amide bonds. The van der Waals surface area contributed by atoms with Gasteiger partial charge in [-0.05, 0) is 24.8 Å². The molecule has 0 saturated heterocycles. The van der Waals surface area contributed by atoms with Gasteiger partial charge in [0.05, 0.1) is 6.20 Å². The number of nitrogens with two attached hydrogens (primary N) is 1. The molecular formula is C10H9N5OS2. The average molecular weight is 279 g/mol. The molecule has 0 aliphatic carbocycles. The zero-order valence-electron chi connectivity index (χ0n) is 9.38. The van der Waals surface area contributed by atoms with Crippen molar-refractivity contribution in [1.29, 1.82) is 0 Å². The molecule has 0 aliphatic rings. The van der Waals surface area contributed by atoms with Crippen LogP contribution in [-0.4, -0.2) is 15.0 Å². The minimum absolute atomic E-state index is 0.387. The molecule has 0 radical (unpaired) electrons. The SMILES string of the molecule is Cc1cc2c(Sc3ncco3)nc(NN)nc2s1. The van der Waals surface area contributed by atoms with Gasteiger partial charge < -0.3 is 4.42 Å². The van der Waals surface area contributed by atoms with Gasteiger partial charge in [-0.15, -0.1) is 11.3 Å². The molecule has 18 heavy (non-hydrogen) atoms. The number of rotatable bonds is 3. The Hall–Kier alpha value is -1.64. The number of thiophene rings is 1. The van der Waals surface area contributed by atoms with Crippen molar-refractivity contribution in [1.82, 2.24) is 15.0 Å². The molecule has 3 rings (SSSR count). The molecule has 3 aromatic rings. The predicted molar refractivity (Wildman–Crippen MR) is 70.6 cm³/mol. The van der Waals surface area contributed by atoms with Crippen LogP contribution in [0, 0.1) is 6.92 Å². The van der Waals surface area contributed by atoms with Gasteiger partial charge in [-0.3, -0.25) is 5.43 Å². The fourth-order valence-electron chi connectivity index (χ4n) is 1.50. The largest absolute Gasteiger partial charge is 0.440 e. The highest BCUT2D eigenvalue weighted by Crippen LogP contribution is 2.34. The first-order chi connectivity index (χ1) is 8.76. The molecule has 0 aliphatic heterocycles. The molecular weight excluding hydrogens is 270 g/mol. The maximum Gasteiger partial charge on any atom is 0.261 e. The number of aromatic nitrogens is 3. The minimum atomic E-state index is 0.387. The van der Waals surface area contributed by atoms with Gasteiger partial charge in [0.15, 0.2) is 0 Å². The van der Waals surface area contributed by atoms with E-state index in [4.69, 9.17) is 10.3 Å². The van der Waals surface area contributed by atoms with Gasteiger partial charge in [-0.25, -0.2) is 20.8 Å². The van der Waals surface area contributed by atoms with Gasteiger partial charge in [-0.1, -0.05) is 0 Å². The number of hydrogen-bond donors (Lipinski definition) is 2. The number of fused-ring (bicyclic) bond motifs is 1. The molecule has 0 spiro atoms. The van der Waals surface area contributed by atoms with Crippen LogP contribution in [0.1, 0.15) is 4.88 Å². The summed E-state index contributed by atoms with van der Waals surface area (Å²) in [5, 5.41) is 2.31. The van der Waals surface area contributed by atoms with Crippen LogP contribution in [0.3, 0.4) is 0 Å². The highest BCUT2D eigenvalue weighted by atomic mass is 32.2. The zero-order chi connectivity index (χ0) is 12.5. The molecule has 3 aromatic heterocycles. The van der Waals surface area contributed by atoms with Crippen LogP contribution in [0.2, 0.25) is 0 Å². The highest BCUT2D eigenvalue weighted by Gasteiger charge is 2.13. The first-order valence-corrected chi connectivity index (χ1v) is 6.71. The Kier molecular flexibility index (Phi) is 2.90. The number of nitrogens with zero attached hydrogens (tertiary/aromatic N) is 3. The summed E-state index contributed by atoms with van der Waals surface area (Å²) in [6, 6.07) is 2.05. The number of aryl methyl sites for hydroxylation is 1. The molecule has 6 nitrogen and oxygen atoms in total. The van der Waals surface area contributed by atoms with E-state index in [1.165, 1.54) is 22.9 Å². The van der Waals surface area contributed by atoms with Crippen molar-refractivity contribution in [2.75, 3.05) is 5.43 Å². The maximum absolute atomic E-state index is 5.37. The third kappa shape index (κ3) is 2.05. The van der Waals surface area contributed by atoms with Gasteiger partial charge in [0, 0.05) is 10.3 Å². The lowest BCUT2D eigenvalue weighted by atomic mass is 10.4. The molecule has 0 fully saturated rings. The van der Waals surface area contributed by atoms with Crippen molar-refractivity contribution in [3.05, 3.63) is 23.4 Å².